The molecule has 1 aliphatic rings. The number of benzene rings is 1. The fourth-order valence-corrected chi connectivity index (χ4v) is 3.31. The van der Waals surface area contributed by atoms with Crippen LogP contribution in [0.25, 0.3) is 0 Å². The smallest absolute Gasteiger partial charge is 0.227 e. The van der Waals surface area contributed by atoms with Gasteiger partial charge in [0.1, 0.15) is 11.6 Å². The van der Waals surface area contributed by atoms with Gasteiger partial charge in [0.25, 0.3) is 0 Å². The van der Waals surface area contributed by atoms with Crippen LogP contribution in [0, 0.1) is 0 Å². The Labute approximate surface area is 149 Å². The second-order valence-corrected chi connectivity index (χ2v) is 6.46. The summed E-state index contributed by atoms with van der Waals surface area (Å²) in [6.07, 6.45) is 4.31. The zero-order chi connectivity index (χ0) is 17.6. The zero-order valence-corrected chi connectivity index (χ0v) is 14.9. The Morgan fingerprint density at radius 3 is 2.96 bits per heavy atom. The van der Waals surface area contributed by atoms with E-state index in [0.717, 1.165) is 43.1 Å². The Balaban J connectivity index is 1.63. The molecule has 1 fully saturated rings. The molecule has 1 aromatic carbocycles. The predicted molar refractivity (Wildman–Crippen MR) is 98.9 cm³/mol. The van der Waals surface area contributed by atoms with Crippen molar-refractivity contribution in [1.29, 1.82) is 0 Å². The molecule has 0 N–H and O–H groups in total. The lowest BCUT2D eigenvalue weighted by Gasteiger charge is -2.38. The first-order valence-corrected chi connectivity index (χ1v) is 8.72. The molecule has 5 heteroatoms. The van der Waals surface area contributed by atoms with Gasteiger partial charge < -0.3 is 14.5 Å². The van der Waals surface area contributed by atoms with Gasteiger partial charge in [-0.25, -0.2) is 4.98 Å². The number of carbonyl (C=O) groups excluding carboxylic acids is 1. The minimum absolute atomic E-state index is 0.140. The number of nitrogens with zero attached hydrogens (tertiary/aromatic N) is 3. The Morgan fingerprint density at radius 1 is 1.32 bits per heavy atom. The summed E-state index contributed by atoms with van der Waals surface area (Å²) in [5, 5.41) is 0. The standard InChI is InChI=1S/C20H25N3O2/c1-22(20(24)14-16-7-5-9-18(13-16)25-2)17-8-6-12-23(15-17)19-10-3-4-11-21-19/h3-5,7,9-11,13,17H,6,8,12,14-15H2,1-2H3/t17-/m0/s1. The first-order chi connectivity index (χ1) is 12.2. The number of anilines is 1. The van der Waals surface area contributed by atoms with E-state index in [1.807, 2.05) is 60.6 Å². The van der Waals surface area contributed by atoms with Gasteiger partial charge >= 0.3 is 0 Å². The van der Waals surface area contributed by atoms with E-state index in [0.29, 0.717) is 6.42 Å². The van der Waals surface area contributed by atoms with Gasteiger partial charge in [-0.05, 0) is 42.7 Å². The first-order valence-electron chi connectivity index (χ1n) is 8.72. The van der Waals surface area contributed by atoms with Gasteiger partial charge in [-0.1, -0.05) is 18.2 Å². The van der Waals surface area contributed by atoms with Crippen LogP contribution in [0.1, 0.15) is 18.4 Å². The number of ether oxygens (including phenoxy) is 1. The molecule has 1 saturated heterocycles. The lowest BCUT2D eigenvalue weighted by molar-refractivity contribution is -0.131. The second kappa shape index (κ2) is 8.01. The maximum Gasteiger partial charge on any atom is 0.227 e. The summed E-state index contributed by atoms with van der Waals surface area (Å²) in [6, 6.07) is 13.9. The van der Waals surface area contributed by atoms with Gasteiger partial charge in [0.05, 0.1) is 13.5 Å². The van der Waals surface area contributed by atoms with Crippen molar-refractivity contribution in [3.8, 4) is 5.75 Å². The monoisotopic (exact) mass is 339 g/mol. The molecule has 0 bridgehead atoms. The molecule has 1 amide bonds. The van der Waals surface area contributed by atoms with Crippen molar-refractivity contribution in [2.45, 2.75) is 25.3 Å². The fourth-order valence-electron chi connectivity index (χ4n) is 3.31. The van der Waals surface area contributed by atoms with Crippen LogP contribution in [0.15, 0.2) is 48.7 Å². The van der Waals surface area contributed by atoms with Crippen LogP contribution in [0.5, 0.6) is 5.75 Å². The number of piperidine rings is 1. The molecule has 3 rings (SSSR count). The molecule has 0 unspecified atom stereocenters. The number of hydrogen-bond acceptors (Lipinski definition) is 4. The highest BCUT2D eigenvalue weighted by molar-refractivity contribution is 5.79. The maximum absolute atomic E-state index is 12.7. The minimum atomic E-state index is 0.140. The highest BCUT2D eigenvalue weighted by Gasteiger charge is 2.26. The number of rotatable bonds is 5. The van der Waals surface area contributed by atoms with Crippen LogP contribution in [-0.2, 0) is 11.2 Å². The summed E-state index contributed by atoms with van der Waals surface area (Å²) in [4.78, 5) is 21.3. The fraction of sp³-hybridized carbons (Fsp3) is 0.400. The molecule has 2 heterocycles. The normalized spacial score (nSPS) is 17.2. The summed E-state index contributed by atoms with van der Waals surface area (Å²) >= 11 is 0. The van der Waals surface area contributed by atoms with Gasteiger partial charge in [-0.15, -0.1) is 0 Å². The van der Waals surface area contributed by atoms with E-state index in [9.17, 15) is 4.79 Å². The van der Waals surface area contributed by atoms with Crippen LogP contribution >= 0.6 is 0 Å². The Kier molecular flexibility index (Phi) is 5.53. The van der Waals surface area contributed by atoms with E-state index in [-0.39, 0.29) is 11.9 Å². The lowest BCUT2D eigenvalue weighted by atomic mass is 10.0. The zero-order valence-electron chi connectivity index (χ0n) is 14.9. The molecule has 0 saturated carbocycles. The van der Waals surface area contributed by atoms with Crippen molar-refractivity contribution in [3.05, 3.63) is 54.2 Å². The highest BCUT2D eigenvalue weighted by Crippen LogP contribution is 2.21. The molecule has 5 nitrogen and oxygen atoms in total. The van der Waals surface area contributed by atoms with E-state index in [1.165, 1.54) is 0 Å². The maximum atomic E-state index is 12.7. The summed E-state index contributed by atoms with van der Waals surface area (Å²) < 4.78 is 5.24. The third-order valence-electron chi connectivity index (χ3n) is 4.80. The van der Waals surface area contributed by atoms with E-state index in [2.05, 4.69) is 9.88 Å². The number of methoxy groups -OCH3 is 1. The van der Waals surface area contributed by atoms with Crippen molar-refractivity contribution in [2.75, 3.05) is 32.1 Å². The van der Waals surface area contributed by atoms with Crippen LogP contribution < -0.4 is 9.64 Å². The largest absolute Gasteiger partial charge is 0.497 e. The lowest BCUT2D eigenvalue weighted by Crippen LogP contribution is -2.49. The van der Waals surface area contributed by atoms with Crippen molar-refractivity contribution in [3.63, 3.8) is 0 Å². The summed E-state index contributed by atoms with van der Waals surface area (Å²) in [7, 11) is 3.55. The minimum Gasteiger partial charge on any atom is -0.497 e. The molecule has 2 aromatic rings. The van der Waals surface area contributed by atoms with Crippen molar-refractivity contribution in [2.24, 2.45) is 0 Å². The molecular weight excluding hydrogens is 314 g/mol. The van der Waals surface area contributed by atoms with Crippen LogP contribution in [0.4, 0.5) is 5.82 Å². The van der Waals surface area contributed by atoms with Gasteiger partial charge in [0, 0.05) is 32.4 Å². The summed E-state index contributed by atoms with van der Waals surface area (Å²) in [5.41, 5.74) is 0.980. The number of amides is 1. The van der Waals surface area contributed by atoms with E-state index in [1.54, 1.807) is 7.11 Å². The van der Waals surface area contributed by atoms with Crippen LogP contribution in [0.3, 0.4) is 0 Å². The highest BCUT2D eigenvalue weighted by atomic mass is 16.5. The first kappa shape index (κ1) is 17.3. The third kappa shape index (κ3) is 4.29. The molecule has 1 aromatic heterocycles. The molecule has 1 atom stereocenters. The van der Waals surface area contributed by atoms with Crippen molar-refractivity contribution in [1.82, 2.24) is 9.88 Å². The number of hydrogen-bond donors (Lipinski definition) is 0. The van der Waals surface area contributed by atoms with E-state index < -0.39 is 0 Å². The summed E-state index contributed by atoms with van der Waals surface area (Å²) in [5.74, 6) is 1.91. The van der Waals surface area contributed by atoms with Crippen molar-refractivity contribution >= 4 is 11.7 Å². The molecule has 25 heavy (non-hydrogen) atoms. The van der Waals surface area contributed by atoms with Gasteiger partial charge in [-0.3, -0.25) is 4.79 Å². The third-order valence-corrected chi connectivity index (χ3v) is 4.80. The number of pyridine rings is 1. The Morgan fingerprint density at radius 2 is 2.20 bits per heavy atom. The van der Waals surface area contributed by atoms with Gasteiger partial charge in [0.2, 0.25) is 5.91 Å². The van der Waals surface area contributed by atoms with E-state index >= 15 is 0 Å². The van der Waals surface area contributed by atoms with Gasteiger partial charge in [0.15, 0.2) is 0 Å². The molecule has 0 spiro atoms. The molecular formula is C20H25N3O2. The topological polar surface area (TPSA) is 45.7 Å². The van der Waals surface area contributed by atoms with E-state index in [4.69, 9.17) is 4.74 Å². The van der Waals surface area contributed by atoms with Crippen LogP contribution in [-0.4, -0.2) is 49.1 Å². The molecule has 1 aliphatic heterocycles. The molecule has 132 valence electrons. The number of aromatic nitrogens is 1. The number of likely N-dealkylation sites (N-methyl/N-ethyl adjacent to an activating group) is 1. The van der Waals surface area contributed by atoms with Gasteiger partial charge in [-0.2, -0.15) is 0 Å². The Bertz CT molecular complexity index is 705. The quantitative estimate of drug-likeness (QED) is 0.840. The molecule has 0 radical (unpaired) electrons. The summed E-state index contributed by atoms with van der Waals surface area (Å²) in [6.45, 7) is 1.82. The molecule has 0 aliphatic carbocycles. The second-order valence-electron chi connectivity index (χ2n) is 6.46. The van der Waals surface area contributed by atoms with Crippen LogP contribution in [0.2, 0.25) is 0 Å². The Hall–Kier alpha value is -2.56. The van der Waals surface area contributed by atoms with Crippen molar-refractivity contribution < 1.29 is 9.53 Å². The average molecular weight is 339 g/mol. The average Bonchev–Trinajstić information content (AvgIpc) is 2.68. The number of carbonyl (C=O) groups is 1. The SMILES string of the molecule is COc1cccc(CC(=O)N(C)[C@H]2CCCN(c3ccccn3)C2)c1. The predicted octanol–water partition coefficient (Wildman–Crippen LogP) is 2.76.